The van der Waals surface area contributed by atoms with Crippen LogP contribution < -0.4 is 10.1 Å². The summed E-state index contributed by atoms with van der Waals surface area (Å²) in [6.45, 7) is 1.74. The summed E-state index contributed by atoms with van der Waals surface area (Å²) in [4.78, 5) is 11.4. The van der Waals surface area contributed by atoms with Crippen molar-refractivity contribution in [3.63, 3.8) is 0 Å². The van der Waals surface area contributed by atoms with E-state index < -0.39 is 6.09 Å². The van der Waals surface area contributed by atoms with Gasteiger partial charge in [-0.1, -0.05) is 23.4 Å². The zero-order valence-corrected chi connectivity index (χ0v) is 8.64. The van der Waals surface area contributed by atoms with Crippen LogP contribution in [0.4, 0.5) is 10.5 Å². The average molecular weight is 218 g/mol. The third-order valence-electron chi connectivity index (χ3n) is 1.82. The summed E-state index contributed by atoms with van der Waals surface area (Å²) in [5.74, 6) is 0.0749. The summed E-state index contributed by atoms with van der Waals surface area (Å²) >= 11 is 0. The summed E-state index contributed by atoms with van der Waals surface area (Å²) < 4.78 is 9.60. The van der Waals surface area contributed by atoms with E-state index in [0.29, 0.717) is 11.4 Å². The van der Waals surface area contributed by atoms with Gasteiger partial charge in [-0.05, 0) is 19.1 Å². The second kappa shape index (κ2) is 4.48. The fourth-order valence-electron chi connectivity index (χ4n) is 1.14. The molecule has 5 nitrogen and oxygen atoms in total. The van der Waals surface area contributed by atoms with Gasteiger partial charge in [-0.25, -0.2) is 4.79 Å². The molecule has 16 heavy (non-hydrogen) atoms. The number of nitrogens with one attached hydrogen (secondary N) is 1. The molecule has 0 unspecified atom stereocenters. The van der Waals surface area contributed by atoms with E-state index in [2.05, 4.69) is 10.5 Å². The predicted molar refractivity (Wildman–Crippen MR) is 57.3 cm³/mol. The second-order valence-electron chi connectivity index (χ2n) is 3.17. The molecule has 1 N–H and O–H groups in total. The minimum Gasteiger partial charge on any atom is -0.374 e. The zero-order chi connectivity index (χ0) is 11.4. The number of hydrogen-bond donors (Lipinski definition) is 1. The van der Waals surface area contributed by atoms with E-state index in [-0.39, 0.29) is 5.95 Å². The molecule has 82 valence electrons. The molecule has 0 aliphatic rings. The van der Waals surface area contributed by atoms with Gasteiger partial charge in [-0.2, -0.15) is 0 Å². The minimum absolute atomic E-state index is 0.0749. The summed E-state index contributed by atoms with van der Waals surface area (Å²) in [7, 11) is 0. The number of para-hydroxylation sites is 1. The Morgan fingerprint density at radius 3 is 2.75 bits per heavy atom. The van der Waals surface area contributed by atoms with Crippen molar-refractivity contribution in [2.24, 2.45) is 0 Å². The van der Waals surface area contributed by atoms with Crippen molar-refractivity contribution < 1.29 is 14.1 Å². The van der Waals surface area contributed by atoms with Crippen molar-refractivity contribution >= 4 is 11.8 Å². The monoisotopic (exact) mass is 218 g/mol. The van der Waals surface area contributed by atoms with Gasteiger partial charge in [0.25, 0.3) is 0 Å². The van der Waals surface area contributed by atoms with Gasteiger partial charge in [0.05, 0.1) is 5.69 Å². The lowest BCUT2D eigenvalue weighted by molar-refractivity contribution is 0.194. The van der Waals surface area contributed by atoms with Crippen LogP contribution in [0.15, 0.2) is 40.9 Å². The Labute approximate surface area is 92.0 Å². The van der Waals surface area contributed by atoms with Crippen LogP contribution in [0.3, 0.4) is 0 Å². The Morgan fingerprint density at radius 2 is 2.12 bits per heavy atom. The van der Waals surface area contributed by atoms with Gasteiger partial charge in [0.15, 0.2) is 0 Å². The lowest BCUT2D eigenvalue weighted by atomic mass is 10.3. The van der Waals surface area contributed by atoms with Crippen LogP contribution in [0, 0.1) is 6.92 Å². The Morgan fingerprint density at radius 1 is 1.38 bits per heavy atom. The van der Waals surface area contributed by atoms with E-state index >= 15 is 0 Å². The van der Waals surface area contributed by atoms with Gasteiger partial charge in [0, 0.05) is 11.8 Å². The molecule has 1 heterocycles. The highest BCUT2D eigenvalue weighted by Crippen LogP contribution is 2.13. The number of carbonyl (C=O) groups excluding carboxylic acids is 1. The lowest BCUT2D eigenvalue weighted by Gasteiger charge is -2.02. The highest BCUT2D eigenvalue weighted by atomic mass is 16.7. The van der Waals surface area contributed by atoms with Crippen molar-refractivity contribution in [3.8, 4) is 5.95 Å². The minimum atomic E-state index is -0.609. The quantitative estimate of drug-likeness (QED) is 0.841. The number of anilines is 1. The number of rotatable bonds is 2. The largest absolute Gasteiger partial charge is 0.419 e. The first-order valence-corrected chi connectivity index (χ1v) is 4.71. The Hall–Kier alpha value is -2.30. The van der Waals surface area contributed by atoms with Gasteiger partial charge >= 0.3 is 12.0 Å². The smallest absolute Gasteiger partial charge is 0.374 e. The van der Waals surface area contributed by atoms with Gasteiger partial charge in [0.2, 0.25) is 0 Å². The molecule has 0 saturated carbocycles. The van der Waals surface area contributed by atoms with Crippen LogP contribution in [0.5, 0.6) is 5.95 Å². The van der Waals surface area contributed by atoms with E-state index in [4.69, 9.17) is 9.26 Å². The molecule has 2 aromatic rings. The molecule has 0 radical (unpaired) electrons. The Balaban J connectivity index is 1.95. The normalized spacial score (nSPS) is 9.81. The molecule has 0 saturated heterocycles. The molecule has 1 amide bonds. The number of aryl methyl sites for hydroxylation is 1. The molecule has 0 spiro atoms. The second-order valence-corrected chi connectivity index (χ2v) is 3.17. The van der Waals surface area contributed by atoms with Gasteiger partial charge in [-0.15, -0.1) is 0 Å². The first-order chi connectivity index (χ1) is 7.74. The molecule has 1 aromatic carbocycles. The molecule has 0 bridgehead atoms. The highest BCUT2D eigenvalue weighted by Gasteiger charge is 2.08. The number of nitrogens with zero attached hydrogens (tertiary/aromatic N) is 1. The molecule has 0 fully saturated rings. The van der Waals surface area contributed by atoms with Crippen molar-refractivity contribution in [2.45, 2.75) is 6.92 Å². The molecular weight excluding hydrogens is 208 g/mol. The SMILES string of the molecule is Cc1cc(OC(=O)Nc2ccccc2)on1. The number of hydrogen-bond acceptors (Lipinski definition) is 4. The van der Waals surface area contributed by atoms with Crippen LogP contribution in [0.1, 0.15) is 5.69 Å². The van der Waals surface area contributed by atoms with E-state index in [0.717, 1.165) is 0 Å². The average Bonchev–Trinajstić information content (AvgIpc) is 2.65. The van der Waals surface area contributed by atoms with E-state index in [9.17, 15) is 4.79 Å². The van der Waals surface area contributed by atoms with E-state index in [1.807, 2.05) is 18.2 Å². The first kappa shape index (κ1) is 10.2. The molecule has 2 rings (SSSR count). The number of carbonyl (C=O) groups is 1. The van der Waals surface area contributed by atoms with Crippen molar-refractivity contribution in [2.75, 3.05) is 5.32 Å². The lowest BCUT2D eigenvalue weighted by Crippen LogP contribution is -2.16. The van der Waals surface area contributed by atoms with Crippen LogP contribution in [0.2, 0.25) is 0 Å². The van der Waals surface area contributed by atoms with Crippen molar-refractivity contribution in [1.82, 2.24) is 5.16 Å². The summed E-state index contributed by atoms with van der Waals surface area (Å²) in [6, 6.07) is 10.5. The van der Waals surface area contributed by atoms with Crippen LogP contribution in [0.25, 0.3) is 0 Å². The maximum Gasteiger partial charge on any atom is 0.419 e. The highest BCUT2D eigenvalue weighted by molar-refractivity contribution is 5.85. The molecule has 0 atom stereocenters. The molecule has 5 heteroatoms. The predicted octanol–water partition coefficient (Wildman–Crippen LogP) is 2.59. The fourth-order valence-corrected chi connectivity index (χ4v) is 1.14. The molecule has 1 aromatic heterocycles. The van der Waals surface area contributed by atoms with Crippen LogP contribution >= 0.6 is 0 Å². The zero-order valence-electron chi connectivity index (χ0n) is 8.64. The number of amides is 1. The molecule has 0 aliphatic heterocycles. The fraction of sp³-hybridized carbons (Fsp3) is 0.0909. The van der Waals surface area contributed by atoms with Crippen molar-refractivity contribution in [3.05, 3.63) is 42.1 Å². The maximum absolute atomic E-state index is 11.4. The van der Waals surface area contributed by atoms with E-state index in [1.165, 1.54) is 6.07 Å². The van der Waals surface area contributed by atoms with Crippen LogP contribution in [-0.2, 0) is 0 Å². The maximum atomic E-state index is 11.4. The van der Waals surface area contributed by atoms with Crippen molar-refractivity contribution in [1.29, 1.82) is 0 Å². The summed E-state index contributed by atoms with van der Waals surface area (Å²) in [5.41, 5.74) is 1.31. The summed E-state index contributed by atoms with van der Waals surface area (Å²) in [5, 5.41) is 6.15. The number of ether oxygens (including phenoxy) is 1. The van der Waals surface area contributed by atoms with E-state index in [1.54, 1.807) is 19.1 Å². The van der Waals surface area contributed by atoms with Gasteiger partial charge in [-0.3, -0.25) is 5.32 Å². The standard InChI is InChI=1S/C11H10N2O3/c1-8-7-10(16-13-8)15-11(14)12-9-5-3-2-4-6-9/h2-7H,1H3,(H,12,14). The van der Waals surface area contributed by atoms with Gasteiger partial charge < -0.3 is 9.26 Å². The third kappa shape index (κ3) is 2.60. The number of aromatic nitrogens is 1. The topological polar surface area (TPSA) is 64.4 Å². The third-order valence-corrected chi connectivity index (χ3v) is 1.82. The first-order valence-electron chi connectivity index (χ1n) is 4.71. The van der Waals surface area contributed by atoms with Gasteiger partial charge in [0.1, 0.15) is 0 Å². The number of benzene rings is 1. The molecule has 0 aliphatic carbocycles. The molecular formula is C11H10N2O3. The van der Waals surface area contributed by atoms with Crippen LogP contribution in [-0.4, -0.2) is 11.2 Å². The summed E-state index contributed by atoms with van der Waals surface area (Å²) in [6.07, 6.45) is -0.609. The Bertz CT molecular complexity index is 479. The Kier molecular flexibility index (Phi) is 2.86.